The van der Waals surface area contributed by atoms with E-state index in [9.17, 15) is 4.79 Å². The highest BCUT2D eigenvalue weighted by atomic mass is 32.2. The van der Waals surface area contributed by atoms with Gasteiger partial charge in [0.15, 0.2) is 0 Å². The minimum Gasteiger partial charge on any atom is -0.353 e. The molecule has 1 heterocycles. The molecule has 3 rings (SSSR count). The van der Waals surface area contributed by atoms with Gasteiger partial charge in [-0.05, 0) is 37.5 Å². The summed E-state index contributed by atoms with van der Waals surface area (Å²) in [7, 11) is 0. The van der Waals surface area contributed by atoms with Crippen LogP contribution in [0.2, 0.25) is 0 Å². The third kappa shape index (κ3) is 5.33. The van der Waals surface area contributed by atoms with Crippen molar-refractivity contribution in [2.24, 2.45) is 0 Å². The van der Waals surface area contributed by atoms with Crippen LogP contribution >= 0.6 is 11.8 Å². The van der Waals surface area contributed by atoms with E-state index in [0.29, 0.717) is 5.75 Å². The van der Waals surface area contributed by atoms with Crippen molar-refractivity contribution in [2.45, 2.75) is 30.8 Å². The van der Waals surface area contributed by atoms with Gasteiger partial charge in [0, 0.05) is 11.4 Å². The highest BCUT2D eigenvalue weighted by Crippen LogP contribution is 2.19. The molecular weight excluding hydrogens is 328 g/mol. The Morgan fingerprint density at radius 3 is 2.64 bits per heavy atom. The van der Waals surface area contributed by atoms with E-state index >= 15 is 0 Å². The molecule has 25 heavy (non-hydrogen) atoms. The molecule has 0 spiro atoms. The van der Waals surface area contributed by atoms with Crippen molar-refractivity contribution in [3.8, 4) is 0 Å². The number of carbonyl (C=O) groups excluding carboxylic acids is 1. The van der Waals surface area contributed by atoms with Crippen LogP contribution in [0, 0.1) is 0 Å². The van der Waals surface area contributed by atoms with Gasteiger partial charge in [-0.1, -0.05) is 66.4 Å². The Morgan fingerprint density at radius 1 is 1.04 bits per heavy atom. The van der Waals surface area contributed by atoms with Crippen LogP contribution in [0.3, 0.4) is 0 Å². The zero-order chi connectivity index (χ0) is 17.5. The fourth-order valence-corrected chi connectivity index (χ4v) is 3.37. The summed E-state index contributed by atoms with van der Waals surface area (Å²) in [5.41, 5.74) is 2.27. The van der Waals surface area contributed by atoms with Gasteiger partial charge in [0.25, 0.3) is 0 Å². The largest absolute Gasteiger partial charge is 0.353 e. The summed E-state index contributed by atoms with van der Waals surface area (Å²) in [4.78, 5) is 16.7. The topological polar surface area (TPSA) is 42.0 Å². The molecule has 1 atom stereocenters. The van der Waals surface area contributed by atoms with Crippen LogP contribution in [-0.2, 0) is 11.2 Å². The number of fused-ring (bicyclic) bond motifs is 1. The SMILES string of the molecule is C[C@H](CCc1ccccc1)NC(=O)CSc1ccc2ccccc2n1. The number of aromatic nitrogens is 1. The lowest BCUT2D eigenvalue weighted by molar-refractivity contribution is -0.119. The Kier molecular flexibility index (Phi) is 6.07. The molecule has 0 bridgehead atoms. The molecule has 0 aliphatic rings. The van der Waals surface area contributed by atoms with Crippen molar-refractivity contribution < 1.29 is 4.79 Å². The molecule has 3 aromatic rings. The van der Waals surface area contributed by atoms with Gasteiger partial charge in [-0.2, -0.15) is 0 Å². The second-order valence-electron chi connectivity index (χ2n) is 6.12. The van der Waals surface area contributed by atoms with Crippen LogP contribution < -0.4 is 5.32 Å². The molecule has 0 radical (unpaired) electrons. The number of aryl methyl sites for hydroxylation is 1. The van der Waals surface area contributed by atoms with Crippen LogP contribution in [0.15, 0.2) is 71.8 Å². The Bertz CT molecular complexity index is 835. The molecule has 0 fully saturated rings. The van der Waals surface area contributed by atoms with Crippen molar-refractivity contribution in [3.63, 3.8) is 0 Å². The highest BCUT2D eigenvalue weighted by Gasteiger charge is 2.09. The number of para-hydroxylation sites is 1. The quantitative estimate of drug-likeness (QED) is 0.640. The number of carbonyl (C=O) groups is 1. The number of thioether (sulfide) groups is 1. The van der Waals surface area contributed by atoms with E-state index in [-0.39, 0.29) is 11.9 Å². The van der Waals surface area contributed by atoms with Gasteiger partial charge in [-0.3, -0.25) is 4.79 Å². The van der Waals surface area contributed by atoms with Gasteiger partial charge in [0.05, 0.1) is 16.3 Å². The minimum atomic E-state index is 0.0560. The van der Waals surface area contributed by atoms with Crippen molar-refractivity contribution in [3.05, 3.63) is 72.3 Å². The summed E-state index contributed by atoms with van der Waals surface area (Å²) >= 11 is 1.48. The van der Waals surface area contributed by atoms with E-state index in [4.69, 9.17) is 0 Å². The molecule has 0 unspecified atom stereocenters. The third-order valence-corrected chi connectivity index (χ3v) is 4.97. The first-order chi connectivity index (χ1) is 12.2. The maximum absolute atomic E-state index is 12.1. The number of hydrogen-bond donors (Lipinski definition) is 1. The highest BCUT2D eigenvalue weighted by molar-refractivity contribution is 7.99. The summed E-state index contributed by atoms with van der Waals surface area (Å²) < 4.78 is 0. The lowest BCUT2D eigenvalue weighted by Crippen LogP contribution is -2.34. The average Bonchev–Trinajstić information content (AvgIpc) is 2.65. The zero-order valence-electron chi connectivity index (χ0n) is 14.3. The lowest BCUT2D eigenvalue weighted by atomic mass is 10.1. The first-order valence-corrected chi connectivity index (χ1v) is 9.51. The maximum Gasteiger partial charge on any atom is 0.230 e. The van der Waals surface area contributed by atoms with E-state index in [0.717, 1.165) is 28.8 Å². The van der Waals surface area contributed by atoms with Crippen molar-refractivity contribution in [2.75, 3.05) is 5.75 Å². The fourth-order valence-electron chi connectivity index (χ4n) is 2.68. The first kappa shape index (κ1) is 17.5. The summed E-state index contributed by atoms with van der Waals surface area (Å²) in [5, 5.41) is 5.07. The van der Waals surface area contributed by atoms with Crippen LogP contribution in [0.5, 0.6) is 0 Å². The number of amides is 1. The standard InChI is InChI=1S/C21H22N2OS/c1-16(11-12-17-7-3-2-4-8-17)22-20(24)15-25-21-14-13-18-9-5-6-10-19(18)23-21/h2-10,13-14,16H,11-12,15H2,1H3,(H,22,24)/t16-/m1/s1. The minimum absolute atomic E-state index is 0.0560. The predicted octanol–water partition coefficient (Wildman–Crippen LogP) is 4.46. The second kappa shape index (κ2) is 8.67. The van der Waals surface area contributed by atoms with E-state index in [1.165, 1.54) is 17.3 Å². The van der Waals surface area contributed by atoms with E-state index in [2.05, 4.69) is 29.4 Å². The lowest BCUT2D eigenvalue weighted by Gasteiger charge is -2.13. The Balaban J connectivity index is 1.45. The van der Waals surface area contributed by atoms with Crippen LogP contribution in [0.4, 0.5) is 0 Å². The molecule has 0 aliphatic carbocycles. The summed E-state index contributed by atoms with van der Waals surface area (Å²) in [6, 6.07) is 22.5. The van der Waals surface area contributed by atoms with Crippen molar-refractivity contribution >= 4 is 28.6 Å². The number of benzene rings is 2. The zero-order valence-corrected chi connectivity index (χ0v) is 15.1. The number of nitrogens with one attached hydrogen (secondary N) is 1. The molecule has 4 heteroatoms. The number of rotatable bonds is 7. The molecular formula is C21H22N2OS. The third-order valence-electron chi connectivity index (χ3n) is 4.04. The molecule has 1 N–H and O–H groups in total. The Morgan fingerprint density at radius 2 is 1.80 bits per heavy atom. The van der Waals surface area contributed by atoms with Crippen LogP contribution in [-0.4, -0.2) is 22.7 Å². The van der Waals surface area contributed by atoms with Gasteiger partial charge >= 0.3 is 0 Å². The van der Waals surface area contributed by atoms with E-state index in [1.54, 1.807) is 0 Å². The average molecular weight is 350 g/mol. The van der Waals surface area contributed by atoms with Crippen molar-refractivity contribution in [1.82, 2.24) is 10.3 Å². The summed E-state index contributed by atoms with van der Waals surface area (Å²) in [6.45, 7) is 2.06. The smallest absolute Gasteiger partial charge is 0.230 e. The monoisotopic (exact) mass is 350 g/mol. The van der Waals surface area contributed by atoms with Crippen molar-refractivity contribution in [1.29, 1.82) is 0 Å². The van der Waals surface area contributed by atoms with Gasteiger partial charge in [0.1, 0.15) is 0 Å². The molecule has 0 saturated carbocycles. The number of hydrogen-bond acceptors (Lipinski definition) is 3. The van der Waals surface area contributed by atoms with Gasteiger partial charge in [0.2, 0.25) is 5.91 Å². The van der Waals surface area contributed by atoms with E-state index in [1.807, 2.05) is 54.6 Å². The fraction of sp³-hybridized carbons (Fsp3) is 0.238. The Labute approximate surface area is 152 Å². The number of nitrogens with zero attached hydrogens (tertiary/aromatic N) is 1. The van der Waals surface area contributed by atoms with Gasteiger partial charge < -0.3 is 5.32 Å². The van der Waals surface area contributed by atoms with Gasteiger partial charge in [-0.15, -0.1) is 0 Å². The van der Waals surface area contributed by atoms with Crippen LogP contribution in [0.1, 0.15) is 18.9 Å². The molecule has 1 amide bonds. The second-order valence-corrected chi connectivity index (χ2v) is 7.12. The predicted molar refractivity (Wildman–Crippen MR) is 105 cm³/mol. The van der Waals surface area contributed by atoms with Crippen LogP contribution in [0.25, 0.3) is 10.9 Å². The first-order valence-electron chi connectivity index (χ1n) is 8.52. The summed E-state index contributed by atoms with van der Waals surface area (Å²) in [5.74, 6) is 0.446. The maximum atomic E-state index is 12.1. The molecule has 1 aromatic heterocycles. The normalized spacial score (nSPS) is 12.0. The molecule has 3 nitrogen and oxygen atoms in total. The molecule has 2 aromatic carbocycles. The Hall–Kier alpha value is -2.33. The molecule has 128 valence electrons. The molecule has 0 saturated heterocycles. The number of pyridine rings is 1. The summed E-state index contributed by atoms with van der Waals surface area (Å²) in [6.07, 6.45) is 1.91. The van der Waals surface area contributed by atoms with E-state index < -0.39 is 0 Å². The molecule has 0 aliphatic heterocycles. The van der Waals surface area contributed by atoms with Gasteiger partial charge in [-0.25, -0.2) is 4.98 Å².